The number of imide groups is 1. The highest BCUT2D eigenvalue weighted by atomic mass is 79.9. The summed E-state index contributed by atoms with van der Waals surface area (Å²) in [6.45, 7) is 0. The van der Waals surface area contributed by atoms with Gasteiger partial charge in [-0.1, -0.05) is 39.1 Å². The smallest absolute Gasteiger partial charge is 0.248 e. The van der Waals surface area contributed by atoms with Crippen LogP contribution in [0.4, 0.5) is 5.69 Å². The van der Waals surface area contributed by atoms with Crippen LogP contribution in [0.15, 0.2) is 18.2 Å². The van der Waals surface area contributed by atoms with Gasteiger partial charge in [-0.25, -0.2) is 4.90 Å². The lowest BCUT2D eigenvalue weighted by Crippen LogP contribution is -2.30. The topological polar surface area (TPSA) is 37.4 Å². The number of hydrogen-bond donors (Lipinski definition) is 0. The van der Waals surface area contributed by atoms with Crippen LogP contribution in [0.1, 0.15) is 6.42 Å². The van der Waals surface area contributed by atoms with Gasteiger partial charge in [-0.2, -0.15) is 0 Å². The molecule has 1 fully saturated rings. The van der Waals surface area contributed by atoms with Crippen molar-refractivity contribution in [3.05, 3.63) is 28.2 Å². The number of anilines is 1. The lowest BCUT2D eigenvalue weighted by molar-refractivity contribution is -0.121. The normalized spacial score (nSPS) is 20.7. The Hall–Kier alpha value is -0.580. The fourth-order valence-corrected chi connectivity index (χ4v) is 2.53. The molecule has 0 saturated carbocycles. The lowest BCUT2D eigenvalue weighted by atomic mass is 10.3. The van der Waals surface area contributed by atoms with E-state index in [0.29, 0.717) is 15.7 Å². The Balaban J connectivity index is 2.44. The number of carbonyl (C=O) groups is 2. The van der Waals surface area contributed by atoms with Crippen molar-refractivity contribution in [3.63, 3.8) is 0 Å². The third-order valence-electron chi connectivity index (χ3n) is 2.20. The number of halogens is 3. The molecule has 3 nitrogen and oxygen atoms in total. The highest BCUT2D eigenvalue weighted by Crippen LogP contribution is 2.30. The van der Waals surface area contributed by atoms with E-state index in [9.17, 15) is 9.59 Å². The molecular formula is C10H6BrCl2NO2. The Labute approximate surface area is 110 Å². The van der Waals surface area contributed by atoms with E-state index in [2.05, 4.69) is 15.9 Å². The number of amides is 2. The SMILES string of the molecule is O=C1CC(Br)C(=O)N1c1cc(Cl)cc(Cl)c1. The maximum atomic E-state index is 11.7. The standard InChI is InChI=1S/C10H6BrCl2NO2/c11-8-4-9(15)14(10(8)16)7-2-5(12)1-6(13)3-7/h1-3,8H,4H2. The van der Waals surface area contributed by atoms with Gasteiger partial charge in [0.05, 0.1) is 5.69 Å². The molecular weight excluding hydrogens is 317 g/mol. The molecule has 1 unspecified atom stereocenters. The third kappa shape index (κ3) is 2.10. The molecule has 1 aliphatic heterocycles. The molecule has 0 aliphatic carbocycles. The number of carbonyl (C=O) groups excluding carboxylic acids is 2. The minimum atomic E-state index is -0.460. The first-order valence-corrected chi connectivity index (χ1v) is 6.13. The first kappa shape index (κ1) is 11.9. The number of benzene rings is 1. The maximum absolute atomic E-state index is 11.7. The zero-order valence-corrected chi connectivity index (χ0v) is 11.0. The fourth-order valence-electron chi connectivity index (χ4n) is 1.53. The zero-order valence-electron chi connectivity index (χ0n) is 7.91. The van der Waals surface area contributed by atoms with Crippen LogP contribution in [-0.2, 0) is 9.59 Å². The quantitative estimate of drug-likeness (QED) is 0.588. The second-order valence-corrected chi connectivity index (χ2v) is 5.34. The van der Waals surface area contributed by atoms with E-state index in [4.69, 9.17) is 23.2 Å². The molecule has 1 aromatic carbocycles. The van der Waals surface area contributed by atoms with Gasteiger partial charge in [-0.15, -0.1) is 0 Å². The summed E-state index contributed by atoms with van der Waals surface area (Å²) in [6.07, 6.45) is 0.156. The zero-order chi connectivity index (χ0) is 11.9. The molecule has 1 aromatic rings. The van der Waals surface area contributed by atoms with Crippen molar-refractivity contribution in [2.24, 2.45) is 0 Å². The van der Waals surface area contributed by atoms with Gasteiger partial charge >= 0.3 is 0 Å². The van der Waals surface area contributed by atoms with Crippen LogP contribution in [0.2, 0.25) is 10.0 Å². The Morgan fingerprint density at radius 1 is 1.19 bits per heavy atom. The molecule has 0 aromatic heterocycles. The van der Waals surface area contributed by atoms with Crippen LogP contribution in [0.5, 0.6) is 0 Å². The molecule has 6 heteroatoms. The van der Waals surface area contributed by atoms with E-state index in [1.807, 2.05) is 0 Å². The minimum Gasteiger partial charge on any atom is -0.274 e. The van der Waals surface area contributed by atoms with Gasteiger partial charge in [0, 0.05) is 16.5 Å². The summed E-state index contributed by atoms with van der Waals surface area (Å²) in [5, 5.41) is 0.780. The average Bonchev–Trinajstić information content (AvgIpc) is 2.39. The van der Waals surface area contributed by atoms with Crippen LogP contribution < -0.4 is 4.90 Å². The second-order valence-electron chi connectivity index (χ2n) is 3.37. The molecule has 84 valence electrons. The van der Waals surface area contributed by atoms with E-state index < -0.39 is 4.83 Å². The van der Waals surface area contributed by atoms with Crippen LogP contribution >= 0.6 is 39.1 Å². The molecule has 1 saturated heterocycles. The first-order valence-electron chi connectivity index (χ1n) is 4.46. The summed E-state index contributed by atoms with van der Waals surface area (Å²) in [6, 6.07) is 4.62. The highest BCUT2D eigenvalue weighted by Gasteiger charge is 2.38. The summed E-state index contributed by atoms with van der Waals surface area (Å²) >= 11 is 14.8. The molecule has 0 N–H and O–H groups in total. The predicted molar refractivity (Wildman–Crippen MR) is 66.3 cm³/mol. The Bertz CT molecular complexity index is 458. The molecule has 2 rings (SSSR count). The van der Waals surface area contributed by atoms with Crippen molar-refractivity contribution in [2.45, 2.75) is 11.2 Å². The molecule has 1 aliphatic rings. The maximum Gasteiger partial charge on any atom is 0.248 e. The van der Waals surface area contributed by atoms with Gasteiger partial charge in [-0.05, 0) is 18.2 Å². The van der Waals surface area contributed by atoms with Crippen LogP contribution in [0.25, 0.3) is 0 Å². The largest absolute Gasteiger partial charge is 0.274 e. The van der Waals surface area contributed by atoms with E-state index in [0.717, 1.165) is 4.90 Å². The van der Waals surface area contributed by atoms with Crippen LogP contribution in [0, 0.1) is 0 Å². The lowest BCUT2D eigenvalue weighted by Gasteiger charge is -2.14. The summed E-state index contributed by atoms with van der Waals surface area (Å²) < 4.78 is 0. The van der Waals surface area contributed by atoms with Crippen molar-refractivity contribution >= 4 is 56.6 Å². The highest BCUT2D eigenvalue weighted by molar-refractivity contribution is 9.10. The van der Waals surface area contributed by atoms with E-state index >= 15 is 0 Å². The summed E-state index contributed by atoms with van der Waals surface area (Å²) in [4.78, 5) is 24.0. The number of alkyl halides is 1. The molecule has 0 spiro atoms. The number of nitrogens with zero attached hydrogens (tertiary/aromatic N) is 1. The summed E-state index contributed by atoms with van der Waals surface area (Å²) in [5.74, 6) is -0.548. The van der Waals surface area contributed by atoms with Crippen LogP contribution in [-0.4, -0.2) is 16.6 Å². The summed E-state index contributed by atoms with van der Waals surface area (Å²) in [5.41, 5.74) is 0.412. The van der Waals surface area contributed by atoms with Gasteiger partial charge in [0.15, 0.2) is 0 Å². The van der Waals surface area contributed by atoms with Gasteiger partial charge in [-0.3, -0.25) is 9.59 Å². The Kier molecular flexibility index (Phi) is 3.24. The average molecular weight is 323 g/mol. The molecule has 16 heavy (non-hydrogen) atoms. The molecule has 1 heterocycles. The third-order valence-corrected chi connectivity index (χ3v) is 3.35. The Morgan fingerprint density at radius 3 is 2.19 bits per heavy atom. The van der Waals surface area contributed by atoms with Gasteiger partial charge in [0.1, 0.15) is 4.83 Å². The van der Waals surface area contributed by atoms with Gasteiger partial charge < -0.3 is 0 Å². The fraction of sp³-hybridized carbons (Fsp3) is 0.200. The van der Waals surface area contributed by atoms with Gasteiger partial charge in [0.25, 0.3) is 0 Å². The van der Waals surface area contributed by atoms with Gasteiger partial charge in [0.2, 0.25) is 11.8 Å². The molecule has 0 bridgehead atoms. The van der Waals surface area contributed by atoms with Crippen molar-refractivity contribution in [1.29, 1.82) is 0 Å². The minimum absolute atomic E-state index is 0.156. The Morgan fingerprint density at radius 2 is 1.75 bits per heavy atom. The molecule has 0 radical (unpaired) electrons. The van der Waals surface area contributed by atoms with Crippen molar-refractivity contribution in [1.82, 2.24) is 0 Å². The number of hydrogen-bond acceptors (Lipinski definition) is 2. The van der Waals surface area contributed by atoms with Crippen LogP contribution in [0.3, 0.4) is 0 Å². The molecule has 1 atom stereocenters. The second kappa shape index (κ2) is 4.35. The molecule has 2 amide bonds. The number of rotatable bonds is 1. The van der Waals surface area contributed by atoms with E-state index in [1.165, 1.54) is 12.1 Å². The first-order chi connectivity index (χ1) is 7.49. The van der Waals surface area contributed by atoms with E-state index in [1.54, 1.807) is 6.07 Å². The van der Waals surface area contributed by atoms with Crippen molar-refractivity contribution in [3.8, 4) is 0 Å². The monoisotopic (exact) mass is 321 g/mol. The predicted octanol–water partition coefficient (Wildman–Crippen LogP) is 3.02. The van der Waals surface area contributed by atoms with E-state index in [-0.39, 0.29) is 18.2 Å². The summed E-state index contributed by atoms with van der Waals surface area (Å²) in [7, 11) is 0. The van der Waals surface area contributed by atoms with Crippen molar-refractivity contribution in [2.75, 3.05) is 4.90 Å². The van der Waals surface area contributed by atoms with Crippen molar-refractivity contribution < 1.29 is 9.59 Å².